The summed E-state index contributed by atoms with van der Waals surface area (Å²) in [4.78, 5) is 13.0. The zero-order valence-corrected chi connectivity index (χ0v) is 10.9. The molecule has 1 aromatic rings. The van der Waals surface area contributed by atoms with E-state index >= 15 is 0 Å². The van der Waals surface area contributed by atoms with Gasteiger partial charge >= 0.3 is 0 Å². The van der Waals surface area contributed by atoms with Gasteiger partial charge in [0.05, 0.1) is 4.90 Å². The quantitative estimate of drug-likeness (QED) is 0.729. The first kappa shape index (κ1) is 12.4. The van der Waals surface area contributed by atoms with Crippen molar-refractivity contribution >= 4 is 25.6 Å². The highest BCUT2D eigenvalue weighted by molar-refractivity contribution is 8.13. The van der Waals surface area contributed by atoms with Crippen LogP contribution in [0.5, 0.6) is 0 Å². The molecular weight excluding hydrogens is 262 g/mol. The van der Waals surface area contributed by atoms with E-state index in [1.54, 1.807) is 11.0 Å². The molecule has 0 unspecified atom stereocenters. The molecule has 0 spiro atoms. The number of fused-ring (bicyclic) bond motifs is 1. The molecule has 1 aromatic carbocycles. The summed E-state index contributed by atoms with van der Waals surface area (Å²) in [5.41, 5.74) is 1.59. The summed E-state index contributed by atoms with van der Waals surface area (Å²) in [6, 6.07) is 5.03. The van der Waals surface area contributed by atoms with Crippen molar-refractivity contribution in [1.82, 2.24) is 4.90 Å². The highest BCUT2D eigenvalue weighted by Crippen LogP contribution is 2.28. The Bertz CT molecular complexity index is 568. The van der Waals surface area contributed by atoms with Gasteiger partial charge in [-0.1, -0.05) is 12.1 Å². The molecule has 0 aromatic heterocycles. The number of carbonyl (C=O) groups is 1. The fourth-order valence-electron chi connectivity index (χ4n) is 2.05. The Hall–Kier alpha value is -1.07. The molecular formula is C11H12ClNO3S. The van der Waals surface area contributed by atoms with E-state index in [1.165, 1.54) is 13.0 Å². The third kappa shape index (κ3) is 2.45. The molecule has 4 nitrogen and oxygen atoms in total. The molecule has 17 heavy (non-hydrogen) atoms. The third-order valence-corrected chi connectivity index (χ3v) is 4.34. The molecule has 0 atom stereocenters. The monoisotopic (exact) mass is 273 g/mol. The molecule has 0 fully saturated rings. The molecule has 2 rings (SSSR count). The Labute approximate surface area is 105 Å². The smallest absolute Gasteiger partial charge is 0.261 e. The minimum Gasteiger partial charge on any atom is -0.338 e. The van der Waals surface area contributed by atoms with Crippen molar-refractivity contribution in [3.8, 4) is 0 Å². The minimum absolute atomic E-state index is 0.0579. The van der Waals surface area contributed by atoms with Crippen LogP contribution in [-0.2, 0) is 26.8 Å². The molecule has 0 N–H and O–H groups in total. The van der Waals surface area contributed by atoms with E-state index in [-0.39, 0.29) is 10.8 Å². The molecule has 0 radical (unpaired) electrons. The zero-order valence-electron chi connectivity index (χ0n) is 9.31. The minimum atomic E-state index is -3.76. The normalized spacial score (nSPS) is 15.5. The van der Waals surface area contributed by atoms with E-state index in [0.29, 0.717) is 25.1 Å². The maximum absolute atomic E-state index is 11.4. The molecule has 1 heterocycles. The van der Waals surface area contributed by atoms with Crippen molar-refractivity contribution in [2.45, 2.75) is 24.8 Å². The van der Waals surface area contributed by atoms with Gasteiger partial charge < -0.3 is 4.90 Å². The van der Waals surface area contributed by atoms with Crippen LogP contribution in [-0.4, -0.2) is 25.8 Å². The molecule has 6 heteroatoms. The summed E-state index contributed by atoms with van der Waals surface area (Å²) in [6.07, 6.45) is 0.662. The summed E-state index contributed by atoms with van der Waals surface area (Å²) in [7, 11) is 1.63. The number of nitrogens with zero attached hydrogens (tertiary/aromatic N) is 1. The van der Waals surface area contributed by atoms with Gasteiger partial charge in [-0.15, -0.1) is 0 Å². The van der Waals surface area contributed by atoms with E-state index < -0.39 is 9.05 Å². The standard InChI is InChI=1S/C11H12ClNO3S/c1-8(14)13-6-5-9-3-2-4-11(10(9)7-13)17(12,15)16/h2-4H,5-7H2,1H3. The Morgan fingerprint density at radius 1 is 1.41 bits per heavy atom. The van der Waals surface area contributed by atoms with E-state index in [0.717, 1.165) is 5.56 Å². The number of benzene rings is 1. The van der Waals surface area contributed by atoms with Crippen LogP contribution in [0.25, 0.3) is 0 Å². The van der Waals surface area contributed by atoms with Gasteiger partial charge in [-0.2, -0.15) is 0 Å². The van der Waals surface area contributed by atoms with Crippen LogP contribution in [0.4, 0.5) is 0 Å². The van der Waals surface area contributed by atoms with Gasteiger partial charge in [0.1, 0.15) is 0 Å². The molecule has 92 valence electrons. The van der Waals surface area contributed by atoms with Crippen LogP contribution in [0.2, 0.25) is 0 Å². The van der Waals surface area contributed by atoms with Crippen molar-refractivity contribution in [2.24, 2.45) is 0 Å². The SMILES string of the molecule is CC(=O)N1CCc2cccc(S(=O)(=O)Cl)c2C1. The lowest BCUT2D eigenvalue weighted by molar-refractivity contribution is -0.129. The van der Waals surface area contributed by atoms with Crippen molar-refractivity contribution in [2.75, 3.05) is 6.54 Å². The predicted molar refractivity (Wildman–Crippen MR) is 64.3 cm³/mol. The molecule has 0 aliphatic carbocycles. The molecule has 1 aliphatic rings. The van der Waals surface area contributed by atoms with Crippen LogP contribution in [0.15, 0.2) is 23.1 Å². The Balaban J connectivity index is 2.51. The fraction of sp³-hybridized carbons (Fsp3) is 0.364. The average Bonchev–Trinajstić information content (AvgIpc) is 2.26. The second-order valence-corrected chi connectivity index (χ2v) is 6.56. The number of hydrogen-bond acceptors (Lipinski definition) is 3. The fourth-order valence-corrected chi connectivity index (χ4v) is 3.21. The Morgan fingerprint density at radius 2 is 2.12 bits per heavy atom. The first-order valence-electron chi connectivity index (χ1n) is 5.20. The number of halogens is 1. The highest BCUT2D eigenvalue weighted by atomic mass is 35.7. The molecule has 1 aliphatic heterocycles. The van der Waals surface area contributed by atoms with Crippen LogP contribution in [0.3, 0.4) is 0 Å². The summed E-state index contributed by atoms with van der Waals surface area (Å²) < 4.78 is 22.9. The van der Waals surface area contributed by atoms with Crippen molar-refractivity contribution in [3.05, 3.63) is 29.3 Å². The second-order valence-electron chi connectivity index (χ2n) is 4.02. The van der Waals surface area contributed by atoms with Gasteiger partial charge in [-0.05, 0) is 23.6 Å². The van der Waals surface area contributed by atoms with Crippen LogP contribution in [0, 0.1) is 0 Å². The van der Waals surface area contributed by atoms with Crippen molar-refractivity contribution < 1.29 is 13.2 Å². The van der Waals surface area contributed by atoms with Gasteiger partial charge in [0.15, 0.2) is 0 Å². The van der Waals surface area contributed by atoms with Gasteiger partial charge in [-0.25, -0.2) is 8.42 Å². The van der Waals surface area contributed by atoms with E-state index in [2.05, 4.69) is 0 Å². The van der Waals surface area contributed by atoms with E-state index in [4.69, 9.17) is 10.7 Å². The van der Waals surface area contributed by atoms with Crippen molar-refractivity contribution in [1.29, 1.82) is 0 Å². The summed E-state index contributed by atoms with van der Waals surface area (Å²) in [5, 5.41) is 0. The largest absolute Gasteiger partial charge is 0.338 e. The maximum atomic E-state index is 11.4. The topological polar surface area (TPSA) is 54.5 Å². The molecule has 0 bridgehead atoms. The maximum Gasteiger partial charge on any atom is 0.261 e. The first-order chi connectivity index (χ1) is 7.89. The highest BCUT2D eigenvalue weighted by Gasteiger charge is 2.24. The van der Waals surface area contributed by atoms with Gasteiger partial charge in [0.25, 0.3) is 9.05 Å². The lowest BCUT2D eigenvalue weighted by atomic mass is 10.00. The van der Waals surface area contributed by atoms with Gasteiger partial charge in [0.2, 0.25) is 5.91 Å². The van der Waals surface area contributed by atoms with E-state index in [1.807, 2.05) is 6.07 Å². The van der Waals surface area contributed by atoms with Crippen LogP contribution in [0.1, 0.15) is 18.1 Å². The summed E-state index contributed by atoms with van der Waals surface area (Å²) >= 11 is 0. The second kappa shape index (κ2) is 4.31. The number of amides is 1. The number of rotatable bonds is 1. The Kier molecular flexibility index (Phi) is 3.14. The van der Waals surface area contributed by atoms with Gasteiger partial charge in [-0.3, -0.25) is 4.79 Å². The number of hydrogen-bond donors (Lipinski definition) is 0. The van der Waals surface area contributed by atoms with Gasteiger partial charge in [0, 0.05) is 30.7 Å². The van der Waals surface area contributed by atoms with Crippen molar-refractivity contribution in [3.63, 3.8) is 0 Å². The van der Waals surface area contributed by atoms with E-state index in [9.17, 15) is 13.2 Å². The molecule has 1 amide bonds. The average molecular weight is 274 g/mol. The lowest BCUT2D eigenvalue weighted by Crippen LogP contribution is -2.34. The summed E-state index contributed by atoms with van der Waals surface area (Å²) in [6.45, 7) is 2.41. The lowest BCUT2D eigenvalue weighted by Gasteiger charge is -2.28. The summed E-state index contributed by atoms with van der Waals surface area (Å²) in [5.74, 6) is -0.0579. The molecule has 0 saturated heterocycles. The van der Waals surface area contributed by atoms with Crippen LogP contribution >= 0.6 is 10.7 Å². The third-order valence-electron chi connectivity index (χ3n) is 2.94. The Morgan fingerprint density at radius 3 is 2.71 bits per heavy atom. The first-order valence-corrected chi connectivity index (χ1v) is 7.51. The zero-order chi connectivity index (χ0) is 12.6. The van der Waals surface area contributed by atoms with Crippen LogP contribution < -0.4 is 0 Å². The predicted octanol–water partition coefficient (Wildman–Crippen LogP) is 1.52. The number of carbonyl (C=O) groups excluding carboxylic acids is 1. The molecule has 0 saturated carbocycles.